The lowest BCUT2D eigenvalue weighted by molar-refractivity contribution is 0.597. The van der Waals surface area contributed by atoms with Crippen LogP contribution < -0.4 is 16.2 Å². The van der Waals surface area contributed by atoms with Gasteiger partial charge in [-0.3, -0.25) is 4.21 Å². The number of hydrogen-bond donors (Lipinski definition) is 3. The molecule has 114 valence electrons. The van der Waals surface area contributed by atoms with E-state index in [1.165, 1.54) is 6.07 Å². The number of hydrogen-bond acceptors (Lipinski definition) is 5. The summed E-state index contributed by atoms with van der Waals surface area (Å²) in [6.45, 7) is 3.61. The van der Waals surface area contributed by atoms with Crippen LogP contribution >= 0.6 is 0 Å². The maximum Gasteiger partial charge on any atom is 0.238 e. The van der Waals surface area contributed by atoms with Gasteiger partial charge in [-0.2, -0.15) is 0 Å². The van der Waals surface area contributed by atoms with Gasteiger partial charge in [-0.25, -0.2) is 13.6 Å². The molecule has 0 fully saturated rings. The standard InChI is InChI=1S/C12H21N3O3S2/c1-8(4-5-19(3)16)15-11-6-10(13)7-12(9(11)2)20(14,17)18/h6-8,15H,4-5,13H2,1-3H3,(H2,14,17,18). The van der Waals surface area contributed by atoms with Crippen LogP contribution in [0, 0.1) is 6.92 Å². The number of primary sulfonamides is 1. The number of rotatable bonds is 6. The number of nitrogens with one attached hydrogen (secondary N) is 1. The molecule has 0 saturated carbocycles. The minimum atomic E-state index is -3.81. The molecule has 1 rings (SSSR count). The van der Waals surface area contributed by atoms with Crippen molar-refractivity contribution in [3.63, 3.8) is 0 Å². The molecule has 5 N–H and O–H groups in total. The maximum atomic E-state index is 11.5. The third-order valence-corrected chi connectivity index (χ3v) is 4.78. The highest BCUT2D eigenvalue weighted by atomic mass is 32.2. The van der Waals surface area contributed by atoms with Crippen LogP contribution in [0.3, 0.4) is 0 Å². The van der Waals surface area contributed by atoms with Gasteiger partial charge in [0.05, 0.1) is 4.90 Å². The average Bonchev–Trinajstić information content (AvgIpc) is 2.29. The lowest BCUT2D eigenvalue weighted by atomic mass is 10.1. The van der Waals surface area contributed by atoms with Gasteiger partial charge >= 0.3 is 0 Å². The predicted molar refractivity (Wildman–Crippen MR) is 83.6 cm³/mol. The van der Waals surface area contributed by atoms with E-state index in [2.05, 4.69) is 5.32 Å². The zero-order chi connectivity index (χ0) is 15.5. The van der Waals surface area contributed by atoms with Crippen LogP contribution in [0.15, 0.2) is 17.0 Å². The third kappa shape index (κ3) is 4.77. The highest BCUT2D eigenvalue weighted by molar-refractivity contribution is 7.89. The first-order valence-corrected chi connectivity index (χ1v) is 9.38. The normalized spacial score (nSPS) is 14.8. The molecule has 0 spiro atoms. The largest absolute Gasteiger partial charge is 0.399 e. The fraction of sp³-hybridized carbons (Fsp3) is 0.500. The van der Waals surface area contributed by atoms with E-state index in [9.17, 15) is 12.6 Å². The van der Waals surface area contributed by atoms with E-state index in [4.69, 9.17) is 10.9 Å². The second kappa shape index (κ2) is 6.55. The summed E-state index contributed by atoms with van der Waals surface area (Å²) in [7, 11) is -4.66. The Morgan fingerprint density at radius 1 is 1.40 bits per heavy atom. The number of sulfonamides is 1. The summed E-state index contributed by atoms with van der Waals surface area (Å²) in [5.41, 5.74) is 7.20. The topological polar surface area (TPSA) is 115 Å². The first-order chi connectivity index (χ1) is 9.11. The van der Waals surface area contributed by atoms with Crippen LogP contribution in [0.2, 0.25) is 0 Å². The summed E-state index contributed by atoms with van der Waals surface area (Å²) < 4.78 is 34.1. The van der Waals surface area contributed by atoms with Crippen molar-refractivity contribution in [1.29, 1.82) is 0 Å². The predicted octanol–water partition coefficient (Wildman–Crippen LogP) is 0.794. The van der Waals surface area contributed by atoms with Gasteiger partial charge in [-0.05, 0) is 38.0 Å². The Labute approximate surface area is 122 Å². The molecule has 0 radical (unpaired) electrons. The third-order valence-electron chi connectivity index (χ3n) is 2.93. The van der Waals surface area contributed by atoms with Crippen LogP contribution in [-0.4, -0.2) is 30.7 Å². The minimum absolute atomic E-state index is 0.0197. The SMILES string of the molecule is Cc1c(NC(C)CCS(C)=O)cc(N)cc1S(N)(=O)=O. The van der Waals surface area contributed by atoms with Crippen molar-refractivity contribution in [3.8, 4) is 0 Å². The first-order valence-electron chi connectivity index (χ1n) is 6.10. The van der Waals surface area contributed by atoms with E-state index in [1.54, 1.807) is 19.2 Å². The minimum Gasteiger partial charge on any atom is -0.399 e. The molecule has 8 heteroatoms. The van der Waals surface area contributed by atoms with Gasteiger partial charge in [-0.15, -0.1) is 0 Å². The lowest BCUT2D eigenvalue weighted by Gasteiger charge is -2.18. The summed E-state index contributed by atoms with van der Waals surface area (Å²) in [6.07, 6.45) is 2.36. The number of anilines is 2. The van der Waals surface area contributed by atoms with E-state index in [0.29, 0.717) is 29.1 Å². The molecule has 0 saturated heterocycles. The van der Waals surface area contributed by atoms with E-state index in [-0.39, 0.29) is 10.9 Å². The van der Waals surface area contributed by atoms with Gasteiger partial charge in [0.15, 0.2) is 0 Å². The average molecular weight is 319 g/mol. The Bertz CT molecular complexity index is 615. The van der Waals surface area contributed by atoms with Gasteiger partial charge in [-0.1, -0.05) is 0 Å². The number of benzene rings is 1. The molecular formula is C12H21N3O3S2. The smallest absolute Gasteiger partial charge is 0.238 e. The maximum absolute atomic E-state index is 11.5. The van der Waals surface area contributed by atoms with Gasteiger partial charge < -0.3 is 11.1 Å². The molecule has 1 aromatic carbocycles. The monoisotopic (exact) mass is 319 g/mol. The second-order valence-corrected chi connectivity index (χ2v) is 7.93. The van der Waals surface area contributed by atoms with E-state index < -0.39 is 20.8 Å². The summed E-state index contributed by atoms with van der Waals surface area (Å²) in [5, 5.41) is 8.36. The van der Waals surface area contributed by atoms with E-state index >= 15 is 0 Å². The van der Waals surface area contributed by atoms with Crippen LogP contribution in [0.1, 0.15) is 18.9 Å². The van der Waals surface area contributed by atoms with Crippen molar-refractivity contribution in [2.75, 3.05) is 23.1 Å². The molecule has 0 aromatic heterocycles. The molecule has 20 heavy (non-hydrogen) atoms. The zero-order valence-electron chi connectivity index (χ0n) is 11.8. The van der Waals surface area contributed by atoms with Crippen molar-refractivity contribution in [3.05, 3.63) is 17.7 Å². The summed E-state index contributed by atoms with van der Waals surface area (Å²) in [4.78, 5) is 0.0197. The van der Waals surface area contributed by atoms with E-state index in [0.717, 1.165) is 0 Å². The van der Waals surface area contributed by atoms with Crippen molar-refractivity contribution >= 4 is 32.2 Å². The molecule has 6 nitrogen and oxygen atoms in total. The van der Waals surface area contributed by atoms with Crippen LogP contribution in [0.25, 0.3) is 0 Å². The lowest BCUT2D eigenvalue weighted by Crippen LogP contribution is -2.20. The zero-order valence-corrected chi connectivity index (χ0v) is 13.5. The molecule has 0 aliphatic heterocycles. The summed E-state index contributed by atoms with van der Waals surface area (Å²) >= 11 is 0. The molecular weight excluding hydrogens is 298 g/mol. The second-order valence-electron chi connectivity index (χ2n) is 4.85. The number of nitrogens with two attached hydrogens (primary N) is 2. The van der Waals surface area contributed by atoms with Gasteiger partial charge in [0, 0.05) is 40.2 Å². The Kier molecular flexibility index (Phi) is 5.55. The number of nitrogen functional groups attached to an aromatic ring is 1. The van der Waals surface area contributed by atoms with Gasteiger partial charge in [0.2, 0.25) is 10.0 Å². The Balaban J connectivity index is 3.02. The summed E-state index contributed by atoms with van der Waals surface area (Å²) in [6, 6.07) is 3.07. The highest BCUT2D eigenvalue weighted by Crippen LogP contribution is 2.26. The molecule has 1 aromatic rings. The van der Waals surface area contributed by atoms with Crippen LogP contribution in [-0.2, 0) is 20.8 Å². The Hall–Kier alpha value is -1.12. The molecule has 2 unspecified atom stereocenters. The van der Waals surface area contributed by atoms with Crippen molar-refractivity contribution < 1.29 is 12.6 Å². The van der Waals surface area contributed by atoms with Crippen molar-refractivity contribution in [2.24, 2.45) is 5.14 Å². The molecule has 0 bridgehead atoms. The fourth-order valence-corrected chi connectivity index (χ4v) is 3.36. The fourth-order valence-electron chi connectivity index (χ4n) is 1.83. The van der Waals surface area contributed by atoms with Crippen LogP contribution in [0.4, 0.5) is 11.4 Å². The molecule has 0 aliphatic rings. The first kappa shape index (κ1) is 16.9. The Morgan fingerprint density at radius 3 is 2.50 bits per heavy atom. The molecule has 0 heterocycles. The van der Waals surface area contributed by atoms with Crippen molar-refractivity contribution in [2.45, 2.75) is 31.2 Å². The highest BCUT2D eigenvalue weighted by Gasteiger charge is 2.16. The quantitative estimate of drug-likeness (QED) is 0.671. The summed E-state index contributed by atoms with van der Waals surface area (Å²) in [5.74, 6) is 0.581. The van der Waals surface area contributed by atoms with Crippen LogP contribution in [0.5, 0.6) is 0 Å². The molecule has 0 aliphatic carbocycles. The van der Waals surface area contributed by atoms with Gasteiger partial charge in [0.25, 0.3) is 0 Å². The molecule has 2 atom stereocenters. The molecule has 0 amide bonds. The van der Waals surface area contributed by atoms with Gasteiger partial charge in [0.1, 0.15) is 0 Å². The van der Waals surface area contributed by atoms with E-state index in [1.807, 2.05) is 6.92 Å². The van der Waals surface area contributed by atoms with Crippen molar-refractivity contribution in [1.82, 2.24) is 0 Å². The Morgan fingerprint density at radius 2 is 2.00 bits per heavy atom.